The normalized spacial score (nSPS) is 10.8. The predicted molar refractivity (Wildman–Crippen MR) is 125 cm³/mol. The van der Waals surface area contributed by atoms with E-state index in [9.17, 15) is 14.9 Å². The first-order chi connectivity index (χ1) is 16.0. The second-order valence-corrected chi connectivity index (χ2v) is 7.24. The minimum Gasteiger partial charge on any atom is -0.494 e. The van der Waals surface area contributed by atoms with Crippen molar-refractivity contribution in [1.82, 2.24) is 9.36 Å². The number of carbonyl (C=O) groups excluding carboxylic acids is 1. The number of benzene rings is 2. The number of hydrogen-bond donors (Lipinski definition) is 1. The van der Waals surface area contributed by atoms with E-state index >= 15 is 0 Å². The molecule has 0 unspecified atom stereocenters. The fourth-order valence-corrected chi connectivity index (χ4v) is 3.24. The minimum atomic E-state index is -0.677. The van der Waals surface area contributed by atoms with Crippen molar-refractivity contribution in [2.45, 2.75) is 19.8 Å². The van der Waals surface area contributed by atoms with E-state index in [1.807, 2.05) is 24.3 Å². The molecule has 0 saturated carbocycles. The van der Waals surface area contributed by atoms with Gasteiger partial charge in [0.15, 0.2) is 0 Å². The maximum absolute atomic E-state index is 13.0. The Bertz CT molecular complexity index is 1320. The van der Waals surface area contributed by atoms with Gasteiger partial charge in [-0.2, -0.15) is 10.5 Å². The van der Waals surface area contributed by atoms with Crippen LogP contribution in [-0.2, 0) is 11.8 Å². The number of rotatable bonds is 8. The smallest absolute Gasteiger partial charge is 0.295 e. The summed E-state index contributed by atoms with van der Waals surface area (Å²) in [4.78, 5) is 25.8. The van der Waals surface area contributed by atoms with Gasteiger partial charge in [0.05, 0.1) is 24.1 Å². The molecule has 2 aromatic carbocycles. The monoisotopic (exact) mass is 441 g/mol. The third kappa shape index (κ3) is 5.38. The molecule has 0 bridgehead atoms. The highest BCUT2D eigenvalue weighted by Gasteiger charge is 2.20. The molecule has 0 radical (unpaired) electrons. The lowest BCUT2D eigenvalue weighted by atomic mass is 10.1. The number of anilines is 1. The molecule has 1 amide bonds. The third-order valence-electron chi connectivity index (χ3n) is 5.03. The van der Waals surface area contributed by atoms with Crippen molar-refractivity contribution in [2.75, 3.05) is 11.9 Å². The first-order valence-electron chi connectivity index (χ1n) is 10.3. The van der Waals surface area contributed by atoms with Crippen LogP contribution in [0.4, 0.5) is 5.69 Å². The number of nitriles is 2. The van der Waals surface area contributed by atoms with Crippen molar-refractivity contribution in [1.29, 1.82) is 10.5 Å². The lowest BCUT2D eigenvalue weighted by Crippen LogP contribution is -2.23. The number of nitrogens with zero attached hydrogens (tertiary/aromatic N) is 4. The number of ether oxygens (including phenoxy) is 1. The van der Waals surface area contributed by atoms with Crippen molar-refractivity contribution >= 4 is 17.7 Å². The Labute approximate surface area is 191 Å². The Morgan fingerprint density at radius 2 is 1.91 bits per heavy atom. The molecule has 1 N–H and O–H groups in total. The highest BCUT2D eigenvalue weighted by molar-refractivity contribution is 6.09. The van der Waals surface area contributed by atoms with Gasteiger partial charge in [-0.3, -0.25) is 14.3 Å². The Balaban J connectivity index is 1.83. The van der Waals surface area contributed by atoms with Crippen LogP contribution in [-0.4, -0.2) is 21.9 Å². The number of hydrogen-bond acceptors (Lipinski definition) is 5. The number of amides is 1. The van der Waals surface area contributed by atoms with Gasteiger partial charge in [-0.25, -0.2) is 4.68 Å². The molecular weight excluding hydrogens is 418 g/mol. The van der Waals surface area contributed by atoms with Gasteiger partial charge >= 0.3 is 0 Å². The summed E-state index contributed by atoms with van der Waals surface area (Å²) in [6, 6.07) is 20.0. The molecule has 0 fully saturated rings. The summed E-state index contributed by atoms with van der Waals surface area (Å²) in [5.41, 5.74) is 1.40. The van der Waals surface area contributed by atoms with Crippen LogP contribution in [0.3, 0.4) is 0 Å². The molecule has 8 nitrogen and oxygen atoms in total. The van der Waals surface area contributed by atoms with E-state index in [2.05, 4.69) is 11.4 Å². The van der Waals surface area contributed by atoms with Crippen LogP contribution in [0.1, 0.15) is 24.1 Å². The van der Waals surface area contributed by atoms with Crippen LogP contribution < -0.4 is 15.6 Å². The number of para-hydroxylation sites is 1. The summed E-state index contributed by atoms with van der Waals surface area (Å²) in [7, 11) is 1.72. The summed E-state index contributed by atoms with van der Waals surface area (Å²) in [6.07, 6.45) is 2.45. The van der Waals surface area contributed by atoms with Crippen molar-refractivity contribution in [3.05, 3.63) is 81.8 Å². The van der Waals surface area contributed by atoms with E-state index in [4.69, 9.17) is 10.00 Å². The number of aromatic nitrogens is 2. The molecule has 8 heteroatoms. The van der Waals surface area contributed by atoms with Gasteiger partial charge in [-0.05, 0) is 49.2 Å². The van der Waals surface area contributed by atoms with Crippen molar-refractivity contribution < 1.29 is 9.53 Å². The second-order valence-electron chi connectivity index (χ2n) is 7.24. The third-order valence-corrected chi connectivity index (χ3v) is 5.03. The molecule has 0 aliphatic heterocycles. The lowest BCUT2D eigenvalue weighted by Gasteiger charge is -2.07. The molecule has 0 atom stereocenters. The highest BCUT2D eigenvalue weighted by Crippen LogP contribution is 2.18. The van der Waals surface area contributed by atoms with Crippen LogP contribution in [0.5, 0.6) is 5.75 Å². The zero-order valence-electron chi connectivity index (χ0n) is 18.4. The average Bonchev–Trinajstić information content (AvgIpc) is 3.04. The van der Waals surface area contributed by atoms with Crippen molar-refractivity contribution in [3.8, 4) is 23.6 Å². The van der Waals surface area contributed by atoms with E-state index in [1.165, 1.54) is 10.8 Å². The lowest BCUT2D eigenvalue weighted by molar-refractivity contribution is -0.112. The maximum Gasteiger partial charge on any atom is 0.295 e. The Hall–Kier alpha value is -4.56. The van der Waals surface area contributed by atoms with Gasteiger partial charge in [0, 0.05) is 13.5 Å². The van der Waals surface area contributed by atoms with Crippen molar-refractivity contribution in [3.63, 3.8) is 0 Å². The molecule has 0 saturated heterocycles. The molecule has 3 aromatic rings. The predicted octanol–water partition coefficient (Wildman–Crippen LogP) is 3.71. The zero-order chi connectivity index (χ0) is 23.8. The first kappa shape index (κ1) is 23.1. The van der Waals surface area contributed by atoms with Gasteiger partial charge in [0.1, 0.15) is 23.1 Å². The molecule has 0 aliphatic carbocycles. The first-order valence-corrected chi connectivity index (χ1v) is 10.3. The van der Waals surface area contributed by atoms with Gasteiger partial charge in [-0.1, -0.05) is 30.3 Å². The van der Waals surface area contributed by atoms with Crippen LogP contribution in [0, 0.1) is 29.6 Å². The van der Waals surface area contributed by atoms with E-state index < -0.39 is 5.91 Å². The Morgan fingerprint density at radius 1 is 1.15 bits per heavy atom. The maximum atomic E-state index is 13.0. The molecule has 1 aromatic heterocycles. The van der Waals surface area contributed by atoms with Gasteiger partial charge in [-0.15, -0.1) is 0 Å². The van der Waals surface area contributed by atoms with Crippen LogP contribution in [0.25, 0.3) is 11.8 Å². The Morgan fingerprint density at radius 3 is 2.61 bits per heavy atom. The molecule has 0 spiro atoms. The molecule has 1 heterocycles. The highest BCUT2D eigenvalue weighted by atomic mass is 16.5. The van der Waals surface area contributed by atoms with E-state index in [-0.39, 0.29) is 16.8 Å². The van der Waals surface area contributed by atoms with Crippen LogP contribution in [0.15, 0.2) is 65.0 Å². The Kier molecular flexibility index (Phi) is 7.46. The second kappa shape index (κ2) is 10.7. The van der Waals surface area contributed by atoms with Gasteiger partial charge in [0.25, 0.3) is 11.5 Å². The average molecular weight is 441 g/mol. The van der Waals surface area contributed by atoms with Gasteiger partial charge < -0.3 is 10.1 Å². The quantitative estimate of drug-likeness (QED) is 0.325. The van der Waals surface area contributed by atoms with Crippen LogP contribution in [0.2, 0.25) is 0 Å². The largest absolute Gasteiger partial charge is 0.494 e. The molecule has 3 rings (SSSR count). The summed E-state index contributed by atoms with van der Waals surface area (Å²) in [5.74, 6) is -0.104. The summed E-state index contributed by atoms with van der Waals surface area (Å²) in [5, 5.41) is 20.7. The van der Waals surface area contributed by atoms with E-state index in [0.717, 1.165) is 0 Å². The summed E-state index contributed by atoms with van der Waals surface area (Å²) in [6.45, 7) is 2.12. The van der Waals surface area contributed by atoms with Gasteiger partial charge in [0.2, 0.25) is 0 Å². The molecular formula is C25H23N5O3. The molecule has 33 heavy (non-hydrogen) atoms. The number of nitrogens with one attached hydrogen (secondary N) is 1. The number of carbonyl (C=O) groups is 1. The van der Waals surface area contributed by atoms with E-state index in [1.54, 1.807) is 55.1 Å². The summed E-state index contributed by atoms with van der Waals surface area (Å²) < 4.78 is 8.70. The topological polar surface area (TPSA) is 113 Å². The van der Waals surface area contributed by atoms with Crippen molar-refractivity contribution in [2.24, 2.45) is 7.05 Å². The summed E-state index contributed by atoms with van der Waals surface area (Å²) >= 11 is 0. The zero-order valence-corrected chi connectivity index (χ0v) is 18.4. The SMILES string of the molecule is Cc1c(NC(=O)/C(C#N)=C\c2cccc(OCCCC#N)c2)c(=O)n(-c2ccccc2)n1C. The minimum absolute atomic E-state index is 0.113. The fourth-order valence-electron chi connectivity index (χ4n) is 3.24. The van der Waals surface area contributed by atoms with Crippen LogP contribution >= 0.6 is 0 Å². The number of unbranched alkanes of at least 4 members (excludes halogenated alkanes) is 1. The fraction of sp³-hybridized carbons (Fsp3) is 0.200. The standard InChI is InChI=1S/C25H23N5O3/c1-18-23(25(32)30(29(18)2)21-10-4-3-5-11-21)28-24(31)20(17-27)15-19-9-8-12-22(16-19)33-14-7-6-13-26/h3-5,8-12,15-16H,6-7,14H2,1-2H3,(H,28,31)/b20-15-. The molecule has 166 valence electrons. The molecule has 0 aliphatic rings. The van der Waals surface area contributed by atoms with E-state index in [0.29, 0.717) is 42.1 Å².